The lowest BCUT2D eigenvalue weighted by Crippen LogP contribution is -2.15. The monoisotopic (exact) mass is 350 g/mol. The van der Waals surface area contributed by atoms with Crippen molar-refractivity contribution in [3.63, 3.8) is 0 Å². The number of nitrogens with one attached hydrogen (secondary N) is 1. The number of hydrogen-bond donors (Lipinski definition) is 1. The van der Waals surface area contributed by atoms with Crippen molar-refractivity contribution in [3.8, 4) is 11.5 Å². The topological polar surface area (TPSA) is 69.2 Å². The van der Waals surface area contributed by atoms with Crippen LogP contribution >= 0.6 is 11.3 Å². The zero-order valence-corrected chi connectivity index (χ0v) is 14.3. The Morgan fingerprint density at radius 3 is 2.76 bits per heavy atom. The van der Waals surface area contributed by atoms with Crippen LogP contribution in [0.25, 0.3) is 21.1 Å². The first-order valence-corrected chi connectivity index (χ1v) is 8.77. The van der Waals surface area contributed by atoms with E-state index in [-0.39, 0.29) is 0 Å². The van der Waals surface area contributed by atoms with Crippen molar-refractivity contribution in [2.75, 3.05) is 18.5 Å². The molecule has 0 amide bonds. The predicted molar refractivity (Wildman–Crippen MR) is 98.2 cm³/mol. The fourth-order valence-electron chi connectivity index (χ4n) is 3.00. The molecule has 0 radical (unpaired) electrons. The Morgan fingerprint density at radius 2 is 1.84 bits per heavy atom. The molecule has 0 fully saturated rings. The molecule has 4 aromatic rings. The summed E-state index contributed by atoms with van der Waals surface area (Å²) in [7, 11) is 0. The maximum Gasteiger partial charge on any atom is 0.163 e. The third-order valence-electron chi connectivity index (χ3n) is 4.07. The van der Waals surface area contributed by atoms with Crippen LogP contribution in [-0.2, 0) is 0 Å². The van der Waals surface area contributed by atoms with E-state index in [1.54, 1.807) is 17.7 Å². The van der Waals surface area contributed by atoms with E-state index < -0.39 is 0 Å². The Morgan fingerprint density at radius 1 is 1.00 bits per heavy atom. The number of anilines is 2. The van der Waals surface area contributed by atoms with Crippen molar-refractivity contribution >= 4 is 44.0 Å². The van der Waals surface area contributed by atoms with E-state index in [9.17, 15) is 0 Å². The lowest BCUT2D eigenvalue weighted by atomic mass is 10.2. The van der Waals surface area contributed by atoms with Gasteiger partial charge in [0.1, 0.15) is 25.4 Å². The fraction of sp³-hybridized carbons (Fsp3) is 0.167. The highest BCUT2D eigenvalue weighted by Gasteiger charge is 2.14. The van der Waals surface area contributed by atoms with Gasteiger partial charge < -0.3 is 14.8 Å². The van der Waals surface area contributed by atoms with Gasteiger partial charge in [-0.3, -0.25) is 0 Å². The Hall–Kier alpha value is -2.93. The summed E-state index contributed by atoms with van der Waals surface area (Å²) in [6.45, 7) is 3.15. The molecule has 1 N–H and O–H groups in total. The number of aromatic nitrogens is 3. The Bertz CT molecular complexity index is 1110. The van der Waals surface area contributed by atoms with Gasteiger partial charge in [-0.05, 0) is 31.2 Å². The zero-order chi connectivity index (χ0) is 16.8. The van der Waals surface area contributed by atoms with Crippen LogP contribution in [0.5, 0.6) is 11.5 Å². The first-order valence-electron chi connectivity index (χ1n) is 7.95. The van der Waals surface area contributed by atoms with E-state index in [4.69, 9.17) is 9.47 Å². The van der Waals surface area contributed by atoms with Crippen molar-refractivity contribution in [1.82, 2.24) is 15.0 Å². The van der Waals surface area contributed by atoms with E-state index in [0.29, 0.717) is 13.2 Å². The van der Waals surface area contributed by atoms with Gasteiger partial charge in [0, 0.05) is 11.8 Å². The van der Waals surface area contributed by atoms with Crippen LogP contribution in [-0.4, -0.2) is 28.2 Å². The van der Waals surface area contributed by atoms with Crippen LogP contribution in [0.4, 0.5) is 11.5 Å². The van der Waals surface area contributed by atoms with E-state index in [1.165, 1.54) is 0 Å². The lowest BCUT2D eigenvalue weighted by Gasteiger charge is -2.19. The molecule has 25 heavy (non-hydrogen) atoms. The Kier molecular flexibility index (Phi) is 3.21. The largest absolute Gasteiger partial charge is 0.486 e. The lowest BCUT2D eigenvalue weighted by molar-refractivity contribution is 0.171. The number of ether oxygens (including phenoxy) is 2. The number of nitrogens with zero attached hydrogens (tertiary/aromatic N) is 3. The second-order valence-corrected chi connectivity index (χ2v) is 6.95. The molecule has 0 saturated carbocycles. The highest BCUT2D eigenvalue weighted by molar-refractivity contribution is 7.19. The van der Waals surface area contributed by atoms with Crippen LogP contribution in [0.15, 0.2) is 36.7 Å². The number of aryl methyl sites for hydroxylation is 1. The normalized spacial score (nSPS) is 13.3. The first-order chi connectivity index (χ1) is 12.3. The molecule has 0 saturated heterocycles. The molecule has 0 spiro atoms. The third kappa shape index (κ3) is 2.44. The Labute approximate surface area is 147 Å². The van der Waals surface area contributed by atoms with Crippen molar-refractivity contribution in [3.05, 3.63) is 41.7 Å². The molecular formula is C18H14N4O2S. The number of hydrogen-bond acceptors (Lipinski definition) is 7. The molecule has 3 heterocycles. The molecular weight excluding hydrogens is 336 g/mol. The molecule has 0 bridgehead atoms. The zero-order valence-electron chi connectivity index (χ0n) is 13.4. The summed E-state index contributed by atoms with van der Waals surface area (Å²) >= 11 is 1.65. The molecule has 2 aromatic heterocycles. The molecule has 1 aliphatic rings. The SMILES string of the molecule is Cc1nc2ccc3ncnc(Nc4ccc5c(c4)OCCO5)c3c2s1. The van der Waals surface area contributed by atoms with Crippen LogP contribution < -0.4 is 14.8 Å². The summed E-state index contributed by atoms with van der Waals surface area (Å²) in [6, 6.07) is 9.78. The third-order valence-corrected chi connectivity index (χ3v) is 5.07. The number of thiazole rings is 1. The van der Waals surface area contributed by atoms with Crippen LogP contribution in [0.1, 0.15) is 5.01 Å². The van der Waals surface area contributed by atoms with Crippen LogP contribution in [0.2, 0.25) is 0 Å². The van der Waals surface area contributed by atoms with Gasteiger partial charge in [-0.1, -0.05) is 0 Å². The minimum Gasteiger partial charge on any atom is -0.486 e. The standard InChI is InChI=1S/C18H14N4O2S/c1-10-21-13-4-3-12-16(17(13)25-10)18(20-9-19-12)22-11-2-5-14-15(8-11)24-7-6-23-14/h2-5,8-9H,6-7H2,1H3,(H,19,20,22). The molecule has 0 aliphatic carbocycles. The highest BCUT2D eigenvalue weighted by Crippen LogP contribution is 2.36. The van der Waals surface area contributed by atoms with Crippen LogP contribution in [0.3, 0.4) is 0 Å². The van der Waals surface area contributed by atoms with Gasteiger partial charge in [-0.25, -0.2) is 15.0 Å². The quantitative estimate of drug-likeness (QED) is 0.588. The second-order valence-electron chi connectivity index (χ2n) is 5.75. The summed E-state index contributed by atoms with van der Waals surface area (Å²) in [4.78, 5) is 13.4. The maximum absolute atomic E-state index is 5.66. The molecule has 0 unspecified atom stereocenters. The molecule has 1 aliphatic heterocycles. The number of rotatable bonds is 2. The molecule has 7 heteroatoms. The van der Waals surface area contributed by atoms with Crippen molar-refractivity contribution < 1.29 is 9.47 Å². The summed E-state index contributed by atoms with van der Waals surface area (Å²) < 4.78 is 12.3. The Balaban J connectivity index is 1.64. The minimum atomic E-state index is 0.563. The molecule has 124 valence electrons. The highest BCUT2D eigenvalue weighted by atomic mass is 32.1. The summed E-state index contributed by atoms with van der Waals surface area (Å²) in [5, 5.41) is 5.40. The van der Waals surface area contributed by atoms with Gasteiger partial charge in [-0.15, -0.1) is 11.3 Å². The first kappa shape index (κ1) is 14.4. The summed E-state index contributed by atoms with van der Waals surface area (Å²) in [5.74, 6) is 2.27. The van der Waals surface area contributed by atoms with E-state index in [1.807, 2.05) is 37.3 Å². The summed E-state index contributed by atoms with van der Waals surface area (Å²) in [5.41, 5.74) is 2.75. The average Bonchev–Trinajstić information content (AvgIpc) is 3.02. The molecule has 6 nitrogen and oxygen atoms in total. The van der Waals surface area contributed by atoms with Gasteiger partial charge in [-0.2, -0.15) is 0 Å². The van der Waals surface area contributed by atoms with Crippen LogP contribution in [0, 0.1) is 6.92 Å². The van der Waals surface area contributed by atoms with Crippen molar-refractivity contribution in [2.45, 2.75) is 6.92 Å². The smallest absolute Gasteiger partial charge is 0.163 e. The number of fused-ring (bicyclic) bond motifs is 4. The predicted octanol–water partition coefficient (Wildman–Crippen LogP) is 4.06. The summed E-state index contributed by atoms with van der Waals surface area (Å²) in [6.07, 6.45) is 1.57. The van der Waals surface area contributed by atoms with E-state index in [0.717, 1.165) is 49.1 Å². The average molecular weight is 350 g/mol. The molecule has 0 atom stereocenters. The van der Waals surface area contributed by atoms with Gasteiger partial charge in [0.15, 0.2) is 11.5 Å². The van der Waals surface area contributed by atoms with E-state index in [2.05, 4.69) is 20.3 Å². The molecule has 2 aromatic carbocycles. The van der Waals surface area contributed by atoms with Gasteiger partial charge in [0.25, 0.3) is 0 Å². The fourth-order valence-corrected chi connectivity index (χ4v) is 3.96. The van der Waals surface area contributed by atoms with Crippen molar-refractivity contribution in [2.24, 2.45) is 0 Å². The van der Waals surface area contributed by atoms with E-state index >= 15 is 0 Å². The minimum absolute atomic E-state index is 0.563. The second kappa shape index (κ2) is 5.56. The van der Waals surface area contributed by atoms with Gasteiger partial charge >= 0.3 is 0 Å². The van der Waals surface area contributed by atoms with Gasteiger partial charge in [0.2, 0.25) is 0 Å². The van der Waals surface area contributed by atoms with Crippen molar-refractivity contribution in [1.29, 1.82) is 0 Å². The molecule has 5 rings (SSSR count). The number of benzene rings is 2. The van der Waals surface area contributed by atoms with Gasteiger partial charge in [0.05, 0.1) is 26.1 Å². The maximum atomic E-state index is 5.66.